The average Bonchev–Trinajstić information content (AvgIpc) is 3.01. The Labute approximate surface area is 112 Å². The molecule has 0 aliphatic carbocycles. The van der Waals surface area contributed by atoms with E-state index >= 15 is 0 Å². The van der Waals surface area contributed by atoms with Crippen LogP contribution in [-0.2, 0) is 6.42 Å². The van der Waals surface area contributed by atoms with E-state index in [4.69, 9.17) is 10.3 Å². The number of rotatable bonds is 3. The van der Waals surface area contributed by atoms with Crippen LogP contribution in [0, 0.1) is 5.82 Å². The minimum Gasteiger partial charge on any atom is -0.397 e. The predicted molar refractivity (Wildman–Crippen MR) is 71.2 cm³/mol. The van der Waals surface area contributed by atoms with Crippen molar-refractivity contribution in [2.45, 2.75) is 6.42 Å². The molecule has 2 heterocycles. The standard InChI is InChI=1S/C13H10FN3OS/c14-9-4-2-1-3-8(9)7-11-16-13(18-17-11)12-10(15)5-6-19-12/h1-6H,7,15H2. The Morgan fingerprint density at radius 2 is 2.11 bits per heavy atom. The Morgan fingerprint density at radius 3 is 2.84 bits per heavy atom. The predicted octanol–water partition coefficient (Wildman–Crippen LogP) is 3.11. The summed E-state index contributed by atoms with van der Waals surface area (Å²) in [6, 6.07) is 8.31. The maximum absolute atomic E-state index is 13.5. The zero-order valence-corrected chi connectivity index (χ0v) is 10.7. The number of nitrogens with zero attached hydrogens (tertiary/aromatic N) is 2. The molecule has 0 unspecified atom stereocenters. The molecule has 0 saturated heterocycles. The third kappa shape index (κ3) is 2.34. The molecular weight excluding hydrogens is 265 g/mol. The van der Waals surface area contributed by atoms with Gasteiger partial charge < -0.3 is 10.3 Å². The van der Waals surface area contributed by atoms with Gasteiger partial charge in [0.1, 0.15) is 10.7 Å². The first kappa shape index (κ1) is 11.9. The van der Waals surface area contributed by atoms with Gasteiger partial charge in [-0.2, -0.15) is 4.98 Å². The SMILES string of the molecule is Nc1ccsc1-c1nc(Cc2ccccc2F)no1. The van der Waals surface area contributed by atoms with E-state index in [0.717, 1.165) is 4.88 Å². The van der Waals surface area contributed by atoms with Crippen LogP contribution >= 0.6 is 11.3 Å². The number of benzene rings is 1. The van der Waals surface area contributed by atoms with E-state index in [1.807, 2.05) is 5.38 Å². The molecule has 0 spiro atoms. The van der Waals surface area contributed by atoms with Crippen molar-refractivity contribution in [1.29, 1.82) is 0 Å². The molecule has 3 aromatic rings. The summed E-state index contributed by atoms with van der Waals surface area (Å²) in [5.74, 6) is 0.538. The molecule has 0 fully saturated rings. The number of hydrogen-bond donors (Lipinski definition) is 1. The number of hydrogen-bond acceptors (Lipinski definition) is 5. The lowest BCUT2D eigenvalue weighted by Crippen LogP contribution is -1.94. The molecule has 0 atom stereocenters. The summed E-state index contributed by atoms with van der Waals surface area (Å²) in [6.07, 6.45) is 0.293. The van der Waals surface area contributed by atoms with E-state index in [1.54, 1.807) is 24.3 Å². The summed E-state index contributed by atoms with van der Waals surface area (Å²) in [6.45, 7) is 0. The first-order valence-corrected chi connectivity index (χ1v) is 6.51. The minimum atomic E-state index is -0.274. The first-order valence-electron chi connectivity index (χ1n) is 5.63. The van der Waals surface area contributed by atoms with Crippen molar-refractivity contribution in [2.24, 2.45) is 0 Å². The number of anilines is 1. The van der Waals surface area contributed by atoms with Crippen molar-refractivity contribution in [3.8, 4) is 10.8 Å². The second-order valence-corrected chi connectivity index (χ2v) is 4.91. The Kier molecular flexibility index (Phi) is 3.00. The lowest BCUT2D eigenvalue weighted by atomic mass is 10.1. The van der Waals surface area contributed by atoms with Gasteiger partial charge in [-0.25, -0.2) is 4.39 Å². The zero-order chi connectivity index (χ0) is 13.2. The lowest BCUT2D eigenvalue weighted by molar-refractivity contribution is 0.424. The largest absolute Gasteiger partial charge is 0.397 e. The van der Waals surface area contributed by atoms with E-state index in [-0.39, 0.29) is 5.82 Å². The van der Waals surface area contributed by atoms with Gasteiger partial charge in [0.05, 0.1) is 5.69 Å². The maximum Gasteiger partial charge on any atom is 0.270 e. The van der Waals surface area contributed by atoms with Gasteiger partial charge in [-0.15, -0.1) is 11.3 Å². The van der Waals surface area contributed by atoms with Crippen LogP contribution in [0.25, 0.3) is 10.8 Å². The van der Waals surface area contributed by atoms with Gasteiger partial charge in [0, 0.05) is 6.42 Å². The highest BCUT2D eigenvalue weighted by Gasteiger charge is 2.14. The third-order valence-electron chi connectivity index (χ3n) is 2.66. The highest BCUT2D eigenvalue weighted by molar-refractivity contribution is 7.14. The normalized spacial score (nSPS) is 10.8. The van der Waals surface area contributed by atoms with E-state index in [9.17, 15) is 4.39 Å². The number of aromatic nitrogens is 2. The zero-order valence-electron chi connectivity index (χ0n) is 9.84. The molecule has 2 N–H and O–H groups in total. The van der Waals surface area contributed by atoms with Gasteiger partial charge in [0.15, 0.2) is 5.82 Å². The molecule has 0 bridgehead atoms. The molecule has 0 aliphatic rings. The molecule has 0 saturated carbocycles. The first-order chi connectivity index (χ1) is 9.24. The van der Waals surface area contributed by atoms with Gasteiger partial charge in [-0.3, -0.25) is 0 Å². The fraction of sp³-hybridized carbons (Fsp3) is 0.0769. The van der Waals surface area contributed by atoms with Crippen LogP contribution in [0.4, 0.5) is 10.1 Å². The number of nitrogens with two attached hydrogens (primary N) is 1. The van der Waals surface area contributed by atoms with Crippen LogP contribution in [0.1, 0.15) is 11.4 Å². The monoisotopic (exact) mass is 275 g/mol. The molecule has 1 aromatic carbocycles. The van der Waals surface area contributed by atoms with E-state index in [0.29, 0.717) is 29.4 Å². The van der Waals surface area contributed by atoms with Crippen molar-refractivity contribution in [3.63, 3.8) is 0 Å². The lowest BCUT2D eigenvalue weighted by Gasteiger charge is -1.97. The van der Waals surface area contributed by atoms with Crippen molar-refractivity contribution in [1.82, 2.24) is 10.1 Å². The summed E-state index contributed by atoms with van der Waals surface area (Å²) < 4.78 is 18.7. The Hall–Kier alpha value is -2.21. The second-order valence-electron chi connectivity index (χ2n) is 3.99. The van der Waals surface area contributed by atoms with Crippen LogP contribution in [0.5, 0.6) is 0 Å². The molecule has 3 rings (SSSR count). The molecule has 0 radical (unpaired) electrons. The van der Waals surface area contributed by atoms with Gasteiger partial charge in [0.25, 0.3) is 5.89 Å². The summed E-state index contributed by atoms with van der Waals surface area (Å²) >= 11 is 1.43. The molecule has 2 aromatic heterocycles. The molecule has 0 aliphatic heterocycles. The summed E-state index contributed by atoms with van der Waals surface area (Å²) in [5, 5.41) is 5.70. The highest BCUT2D eigenvalue weighted by Crippen LogP contribution is 2.30. The van der Waals surface area contributed by atoms with E-state index in [2.05, 4.69) is 10.1 Å². The molecule has 6 heteroatoms. The fourth-order valence-electron chi connectivity index (χ4n) is 1.72. The van der Waals surface area contributed by atoms with Gasteiger partial charge in [-0.1, -0.05) is 23.4 Å². The Bertz CT molecular complexity index is 707. The minimum absolute atomic E-state index is 0.274. The Morgan fingerprint density at radius 1 is 1.26 bits per heavy atom. The van der Waals surface area contributed by atoms with E-state index in [1.165, 1.54) is 17.4 Å². The maximum atomic E-state index is 13.5. The van der Waals surface area contributed by atoms with Gasteiger partial charge in [0.2, 0.25) is 0 Å². The van der Waals surface area contributed by atoms with Crippen LogP contribution < -0.4 is 5.73 Å². The van der Waals surface area contributed by atoms with E-state index < -0.39 is 0 Å². The van der Waals surface area contributed by atoms with Gasteiger partial charge >= 0.3 is 0 Å². The van der Waals surface area contributed by atoms with Gasteiger partial charge in [-0.05, 0) is 23.1 Å². The summed E-state index contributed by atoms with van der Waals surface area (Å²) in [5.41, 5.74) is 6.92. The molecule has 0 amide bonds. The van der Waals surface area contributed by atoms with Crippen LogP contribution in [0.3, 0.4) is 0 Å². The van der Waals surface area contributed by atoms with Crippen LogP contribution in [-0.4, -0.2) is 10.1 Å². The second kappa shape index (κ2) is 4.81. The molecule has 19 heavy (non-hydrogen) atoms. The summed E-state index contributed by atoms with van der Waals surface area (Å²) in [7, 11) is 0. The highest BCUT2D eigenvalue weighted by atomic mass is 32.1. The van der Waals surface area contributed by atoms with Crippen LogP contribution in [0.15, 0.2) is 40.2 Å². The van der Waals surface area contributed by atoms with Crippen LogP contribution in [0.2, 0.25) is 0 Å². The fourth-order valence-corrected chi connectivity index (χ4v) is 2.46. The molecular formula is C13H10FN3OS. The van der Waals surface area contributed by atoms with Crippen molar-refractivity contribution >= 4 is 17.0 Å². The van der Waals surface area contributed by atoms with Crippen molar-refractivity contribution in [3.05, 3.63) is 52.9 Å². The summed E-state index contributed by atoms with van der Waals surface area (Å²) in [4.78, 5) is 4.98. The smallest absolute Gasteiger partial charge is 0.270 e. The van der Waals surface area contributed by atoms with Crippen molar-refractivity contribution < 1.29 is 8.91 Å². The molecule has 96 valence electrons. The number of nitrogen functional groups attached to an aromatic ring is 1. The Balaban J connectivity index is 1.87. The topological polar surface area (TPSA) is 64.9 Å². The average molecular weight is 275 g/mol. The number of halogens is 1. The molecule has 4 nitrogen and oxygen atoms in total. The quantitative estimate of drug-likeness (QED) is 0.797. The van der Waals surface area contributed by atoms with Crippen molar-refractivity contribution in [2.75, 3.05) is 5.73 Å². The number of thiophene rings is 1. The third-order valence-corrected chi connectivity index (χ3v) is 3.58.